The van der Waals surface area contributed by atoms with Crippen molar-refractivity contribution >= 4 is 11.7 Å². The van der Waals surface area contributed by atoms with Gasteiger partial charge in [-0.15, -0.1) is 0 Å². The lowest BCUT2D eigenvalue weighted by molar-refractivity contribution is -0.207. The van der Waals surface area contributed by atoms with Crippen molar-refractivity contribution < 1.29 is 23.8 Å². The van der Waals surface area contributed by atoms with Gasteiger partial charge in [0.2, 0.25) is 0 Å². The Hall–Kier alpha value is -1.69. The van der Waals surface area contributed by atoms with Crippen LogP contribution in [0.1, 0.15) is 12.5 Å². The van der Waals surface area contributed by atoms with Crippen molar-refractivity contribution in [2.45, 2.75) is 18.4 Å². The molecule has 0 aliphatic heterocycles. The van der Waals surface area contributed by atoms with Crippen LogP contribution in [0.5, 0.6) is 0 Å². The van der Waals surface area contributed by atoms with E-state index in [-0.39, 0.29) is 5.56 Å². The molecule has 1 unspecified atom stereocenters. The predicted molar refractivity (Wildman–Crippen MR) is 62.9 cm³/mol. The molecule has 1 atom stereocenters. The van der Waals surface area contributed by atoms with E-state index in [1.54, 1.807) is 19.0 Å². The number of aliphatic hydroxyl groups is 1. The maximum absolute atomic E-state index is 13.4. The van der Waals surface area contributed by atoms with Gasteiger partial charge in [0.25, 0.3) is 0 Å². The fraction of sp³-hybridized carbons (Fsp3) is 0.417. The highest BCUT2D eigenvalue weighted by atomic mass is 19.3. The van der Waals surface area contributed by atoms with E-state index in [1.807, 2.05) is 0 Å². The fourth-order valence-corrected chi connectivity index (χ4v) is 1.47. The maximum atomic E-state index is 13.4. The highest BCUT2D eigenvalue weighted by Gasteiger charge is 2.56. The first-order chi connectivity index (χ1) is 8.10. The van der Waals surface area contributed by atoms with E-state index in [2.05, 4.69) is 0 Å². The average molecular weight is 259 g/mol. The third-order valence-corrected chi connectivity index (χ3v) is 2.83. The van der Waals surface area contributed by atoms with Crippen molar-refractivity contribution in [3.05, 3.63) is 29.8 Å². The lowest BCUT2D eigenvalue weighted by atomic mass is 9.89. The van der Waals surface area contributed by atoms with Gasteiger partial charge < -0.3 is 15.1 Å². The van der Waals surface area contributed by atoms with Crippen LogP contribution in [0, 0.1) is 0 Å². The average Bonchev–Trinajstić information content (AvgIpc) is 2.28. The minimum absolute atomic E-state index is 0.152. The Morgan fingerprint density at radius 2 is 1.67 bits per heavy atom. The van der Waals surface area contributed by atoms with Crippen LogP contribution in [-0.4, -0.2) is 36.2 Å². The van der Waals surface area contributed by atoms with E-state index < -0.39 is 17.5 Å². The summed E-state index contributed by atoms with van der Waals surface area (Å²) in [6.07, 6.45) is 0. The number of aliphatic carboxylic acids is 1. The van der Waals surface area contributed by atoms with Crippen LogP contribution in [0.2, 0.25) is 0 Å². The van der Waals surface area contributed by atoms with E-state index in [1.165, 1.54) is 24.3 Å². The number of nitrogens with zero attached hydrogens (tertiary/aromatic N) is 1. The monoisotopic (exact) mass is 259 g/mol. The second kappa shape index (κ2) is 4.53. The highest BCUT2D eigenvalue weighted by Crippen LogP contribution is 2.38. The Bertz CT molecular complexity index is 441. The zero-order chi connectivity index (χ0) is 14.1. The summed E-state index contributed by atoms with van der Waals surface area (Å²) in [4.78, 5) is 12.3. The van der Waals surface area contributed by atoms with Gasteiger partial charge in [-0.25, -0.2) is 4.79 Å². The molecule has 1 rings (SSSR count). The van der Waals surface area contributed by atoms with Gasteiger partial charge in [-0.05, 0) is 24.6 Å². The molecule has 18 heavy (non-hydrogen) atoms. The van der Waals surface area contributed by atoms with Crippen LogP contribution in [-0.2, 0) is 10.4 Å². The van der Waals surface area contributed by atoms with E-state index in [4.69, 9.17) is 5.11 Å². The van der Waals surface area contributed by atoms with Crippen LogP contribution in [0.4, 0.5) is 14.5 Å². The zero-order valence-electron chi connectivity index (χ0n) is 10.3. The lowest BCUT2D eigenvalue weighted by Gasteiger charge is -2.30. The van der Waals surface area contributed by atoms with Crippen LogP contribution in [0.15, 0.2) is 24.3 Å². The number of hydrogen-bond donors (Lipinski definition) is 2. The molecule has 100 valence electrons. The normalized spacial score (nSPS) is 15.0. The third kappa shape index (κ3) is 2.28. The number of rotatable bonds is 4. The summed E-state index contributed by atoms with van der Waals surface area (Å²) in [5.41, 5.74) is -2.15. The lowest BCUT2D eigenvalue weighted by Crippen LogP contribution is -2.48. The van der Waals surface area contributed by atoms with Gasteiger partial charge in [-0.1, -0.05) is 12.1 Å². The summed E-state index contributed by atoms with van der Waals surface area (Å²) < 4.78 is 26.8. The number of halogens is 2. The fourth-order valence-electron chi connectivity index (χ4n) is 1.47. The number of carbonyl (C=O) groups is 1. The van der Waals surface area contributed by atoms with Crippen molar-refractivity contribution in [1.29, 1.82) is 0 Å². The van der Waals surface area contributed by atoms with Crippen LogP contribution >= 0.6 is 0 Å². The summed E-state index contributed by atoms with van der Waals surface area (Å²) in [6, 6.07) is 5.63. The van der Waals surface area contributed by atoms with Gasteiger partial charge >= 0.3 is 11.9 Å². The molecule has 4 nitrogen and oxygen atoms in total. The van der Waals surface area contributed by atoms with Crippen molar-refractivity contribution in [2.75, 3.05) is 19.0 Å². The Labute approximate surface area is 103 Å². The van der Waals surface area contributed by atoms with E-state index in [9.17, 15) is 18.7 Å². The molecule has 0 aromatic heterocycles. The van der Waals surface area contributed by atoms with Crippen molar-refractivity contribution in [2.24, 2.45) is 0 Å². The Morgan fingerprint density at radius 3 is 2.00 bits per heavy atom. The van der Waals surface area contributed by atoms with Crippen molar-refractivity contribution in [3.8, 4) is 0 Å². The Morgan fingerprint density at radius 1 is 1.22 bits per heavy atom. The first kappa shape index (κ1) is 14.4. The molecule has 0 spiro atoms. The summed E-state index contributed by atoms with van der Waals surface area (Å²) in [5, 5.41) is 18.2. The maximum Gasteiger partial charge on any atom is 0.378 e. The minimum atomic E-state index is -4.26. The molecule has 0 heterocycles. The molecule has 0 radical (unpaired) electrons. The predicted octanol–water partition coefficient (Wildman–Crippen LogP) is 1.68. The minimum Gasteiger partial charge on any atom is -0.477 e. The number of anilines is 1. The van der Waals surface area contributed by atoms with Gasteiger partial charge in [-0.3, -0.25) is 0 Å². The van der Waals surface area contributed by atoms with Crippen molar-refractivity contribution in [3.63, 3.8) is 0 Å². The number of carboxylic acid groups (broad SMARTS) is 1. The number of carboxylic acids is 1. The first-order valence-electron chi connectivity index (χ1n) is 5.22. The molecule has 1 aromatic carbocycles. The second-order valence-corrected chi connectivity index (χ2v) is 4.39. The molecule has 0 saturated heterocycles. The molecular formula is C12H15F2NO3. The standard InChI is InChI=1S/C12H15F2NO3/c1-11(18,12(13,14)10(16)17)8-4-6-9(7-5-8)15(2)3/h4-7,18H,1-3H3,(H,16,17). The van der Waals surface area contributed by atoms with E-state index in [0.29, 0.717) is 0 Å². The van der Waals surface area contributed by atoms with Gasteiger partial charge in [0, 0.05) is 19.8 Å². The smallest absolute Gasteiger partial charge is 0.378 e. The Balaban J connectivity index is 3.17. The van der Waals surface area contributed by atoms with Gasteiger partial charge in [-0.2, -0.15) is 8.78 Å². The SMILES string of the molecule is CN(C)c1ccc(C(C)(O)C(F)(F)C(=O)O)cc1. The first-order valence-corrected chi connectivity index (χ1v) is 5.22. The van der Waals surface area contributed by atoms with Gasteiger partial charge in [0.05, 0.1) is 0 Å². The molecule has 0 aliphatic carbocycles. The summed E-state index contributed by atoms with van der Waals surface area (Å²) in [6.45, 7) is 0.784. The van der Waals surface area contributed by atoms with E-state index >= 15 is 0 Å². The largest absolute Gasteiger partial charge is 0.477 e. The van der Waals surface area contributed by atoms with Crippen LogP contribution in [0.3, 0.4) is 0 Å². The Kier molecular flexibility index (Phi) is 3.62. The molecule has 0 fully saturated rings. The van der Waals surface area contributed by atoms with Gasteiger partial charge in [0.1, 0.15) is 0 Å². The molecule has 1 aromatic rings. The number of benzene rings is 1. The van der Waals surface area contributed by atoms with Crippen LogP contribution in [0.25, 0.3) is 0 Å². The topological polar surface area (TPSA) is 60.8 Å². The van der Waals surface area contributed by atoms with Gasteiger partial charge in [0.15, 0.2) is 5.60 Å². The molecular weight excluding hydrogens is 244 g/mol. The summed E-state index contributed by atoms with van der Waals surface area (Å²) in [5.74, 6) is -6.61. The summed E-state index contributed by atoms with van der Waals surface area (Å²) in [7, 11) is 3.55. The second-order valence-electron chi connectivity index (χ2n) is 4.39. The number of alkyl halides is 2. The molecule has 2 N–H and O–H groups in total. The number of hydrogen-bond acceptors (Lipinski definition) is 3. The highest BCUT2D eigenvalue weighted by molar-refractivity contribution is 5.77. The summed E-state index contributed by atoms with van der Waals surface area (Å²) >= 11 is 0. The van der Waals surface area contributed by atoms with E-state index in [0.717, 1.165) is 12.6 Å². The zero-order valence-corrected chi connectivity index (χ0v) is 10.3. The van der Waals surface area contributed by atoms with Crippen LogP contribution < -0.4 is 4.90 Å². The molecule has 0 bridgehead atoms. The third-order valence-electron chi connectivity index (χ3n) is 2.83. The molecule has 0 saturated carbocycles. The molecule has 0 amide bonds. The quantitative estimate of drug-likeness (QED) is 0.863. The molecule has 6 heteroatoms. The van der Waals surface area contributed by atoms with Crippen molar-refractivity contribution in [1.82, 2.24) is 0 Å². The molecule has 0 aliphatic rings.